The quantitative estimate of drug-likeness (QED) is 0.826. The Morgan fingerprint density at radius 3 is 2.93 bits per heavy atom. The maximum absolute atomic E-state index is 8.98. The zero-order valence-corrected chi connectivity index (χ0v) is 8.58. The van der Waals surface area contributed by atoms with E-state index in [2.05, 4.69) is 0 Å². The van der Waals surface area contributed by atoms with Crippen LogP contribution in [-0.2, 0) is 0 Å². The Morgan fingerprint density at radius 1 is 1.43 bits per heavy atom. The molecule has 1 aromatic carbocycles. The molecule has 0 aliphatic heterocycles. The number of aliphatic hydroxyl groups excluding tert-OH is 1. The van der Waals surface area contributed by atoms with Gasteiger partial charge in [-0.05, 0) is 24.3 Å². The highest BCUT2D eigenvalue weighted by Crippen LogP contribution is 2.26. The van der Waals surface area contributed by atoms with E-state index < -0.39 is 0 Å². The van der Waals surface area contributed by atoms with Crippen LogP contribution in [0.5, 0.6) is 0 Å². The highest BCUT2D eigenvalue weighted by molar-refractivity contribution is 6.31. The van der Waals surface area contributed by atoms with Crippen molar-refractivity contribution < 1.29 is 9.52 Å². The highest BCUT2D eigenvalue weighted by atomic mass is 35.5. The first kappa shape index (κ1) is 9.56. The van der Waals surface area contributed by atoms with E-state index in [0.29, 0.717) is 5.02 Å². The lowest BCUT2D eigenvalue weighted by atomic mass is 10.1. The Bertz CT molecular complexity index is 447. The second-order valence-corrected chi connectivity index (χ2v) is 3.85. The molecule has 74 valence electrons. The van der Waals surface area contributed by atoms with E-state index in [9.17, 15) is 0 Å². The van der Waals surface area contributed by atoms with Crippen LogP contribution >= 0.6 is 11.6 Å². The second kappa shape index (κ2) is 3.64. The van der Waals surface area contributed by atoms with Crippen LogP contribution in [0.25, 0.3) is 11.0 Å². The summed E-state index contributed by atoms with van der Waals surface area (Å²) in [6, 6.07) is 7.40. The van der Waals surface area contributed by atoms with Gasteiger partial charge < -0.3 is 9.52 Å². The molecule has 0 spiro atoms. The minimum Gasteiger partial charge on any atom is -0.461 e. The van der Waals surface area contributed by atoms with E-state index in [1.807, 2.05) is 25.1 Å². The molecule has 14 heavy (non-hydrogen) atoms. The topological polar surface area (TPSA) is 33.4 Å². The van der Waals surface area contributed by atoms with Gasteiger partial charge in [-0.2, -0.15) is 0 Å². The van der Waals surface area contributed by atoms with E-state index in [1.165, 1.54) is 0 Å². The molecule has 0 saturated heterocycles. The molecule has 0 fully saturated rings. The number of benzene rings is 1. The standard InChI is InChI=1S/C11H11ClO2/c1-7(6-13)11-5-8-4-9(12)2-3-10(8)14-11/h2-5,7,13H,6H2,1H3. The number of aliphatic hydroxyl groups is 1. The van der Waals surface area contributed by atoms with Crippen molar-refractivity contribution >= 4 is 22.6 Å². The molecule has 0 bridgehead atoms. The first-order valence-corrected chi connectivity index (χ1v) is 4.88. The molecule has 2 aromatic rings. The molecule has 2 nitrogen and oxygen atoms in total. The molecule has 3 heteroatoms. The Morgan fingerprint density at radius 2 is 2.21 bits per heavy atom. The molecule has 0 saturated carbocycles. The first-order chi connectivity index (χ1) is 6.70. The lowest BCUT2D eigenvalue weighted by molar-refractivity contribution is 0.259. The van der Waals surface area contributed by atoms with Crippen molar-refractivity contribution in [2.24, 2.45) is 0 Å². The lowest BCUT2D eigenvalue weighted by Gasteiger charge is -2.00. The van der Waals surface area contributed by atoms with Gasteiger partial charge in [0.05, 0.1) is 6.61 Å². The molecular formula is C11H11ClO2. The Kier molecular flexibility index (Phi) is 2.48. The van der Waals surface area contributed by atoms with E-state index in [-0.39, 0.29) is 12.5 Å². The van der Waals surface area contributed by atoms with Gasteiger partial charge in [-0.25, -0.2) is 0 Å². The van der Waals surface area contributed by atoms with Gasteiger partial charge in [0.2, 0.25) is 0 Å². The third-order valence-corrected chi connectivity index (χ3v) is 2.49. The monoisotopic (exact) mass is 210 g/mol. The van der Waals surface area contributed by atoms with Crippen LogP contribution in [-0.4, -0.2) is 11.7 Å². The number of hydrogen-bond acceptors (Lipinski definition) is 2. The van der Waals surface area contributed by atoms with E-state index in [4.69, 9.17) is 21.1 Å². The zero-order chi connectivity index (χ0) is 10.1. The van der Waals surface area contributed by atoms with Gasteiger partial charge in [0.15, 0.2) is 0 Å². The Labute approximate surface area is 87.1 Å². The van der Waals surface area contributed by atoms with Crippen molar-refractivity contribution in [1.29, 1.82) is 0 Å². The van der Waals surface area contributed by atoms with Crippen LogP contribution in [0.1, 0.15) is 18.6 Å². The number of halogens is 1. The summed E-state index contributed by atoms with van der Waals surface area (Å²) in [5.74, 6) is 0.825. The SMILES string of the molecule is CC(CO)c1cc2cc(Cl)ccc2o1. The van der Waals surface area contributed by atoms with Crippen LogP contribution in [0.15, 0.2) is 28.7 Å². The Balaban J connectivity index is 2.51. The number of fused-ring (bicyclic) bond motifs is 1. The average molecular weight is 211 g/mol. The second-order valence-electron chi connectivity index (χ2n) is 3.41. The lowest BCUT2D eigenvalue weighted by Crippen LogP contribution is -1.95. The van der Waals surface area contributed by atoms with Gasteiger partial charge in [-0.15, -0.1) is 0 Å². The van der Waals surface area contributed by atoms with Gasteiger partial charge in [0.25, 0.3) is 0 Å². The minimum atomic E-state index is 0.0289. The molecule has 0 amide bonds. The van der Waals surface area contributed by atoms with Crippen molar-refractivity contribution in [2.45, 2.75) is 12.8 Å². The summed E-state index contributed by atoms with van der Waals surface area (Å²) < 4.78 is 5.56. The van der Waals surface area contributed by atoms with Crippen LogP contribution in [0.4, 0.5) is 0 Å². The maximum Gasteiger partial charge on any atom is 0.134 e. The molecule has 0 radical (unpaired) electrons. The fourth-order valence-electron chi connectivity index (χ4n) is 1.37. The average Bonchev–Trinajstić information content (AvgIpc) is 2.59. The molecule has 0 aliphatic rings. The predicted molar refractivity (Wildman–Crippen MR) is 56.7 cm³/mol. The number of hydrogen-bond donors (Lipinski definition) is 1. The van der Waals surface area contributed by atoms with Crippen molar-refractivity contribution in [1.82, 2.24) is 0 Å². The van der Waals surface area contributed by atoms with Gasteiger partial charge in [0, 0.05) is 16.3 Å². The molecular weight excluding hydrogens is 200 g/mol. The highest BCUT2D eigenvalue weighted by Gasteiger charge is 2.10. The molecule has 1 N–H and O–H groups in total. The fourth-order valence-corrected chi connectivity index (χ4v) is 1.55. The number of furan rings is 1. The fraction of sp³-hybridized carbons (Fsp3) is 0.273. The van der Waals surface area contributed by atoms with Crippen molar-refractivity contribution in [3.8, 4) is 0 Å². The van der Waals surface area contributed by atoms with Crippen molar-refractivity contribution in [2.75, 3.05) is 6.61 Å². The van der Waals surface area contributed by atoms with Crippen LogP contribution in [0.2, 0.25) is 5.02 Å². The molecule has 1 atom stereocenters. The maximum atomic E-state index is 8.98. The van der Waals surface area contributed by atoms with Gasteiger partial charge in [-0.3, -0.25) is 0 Å². The molecule has 1 heterocycles. The van der Waals surface area contributed by atoms with E-state index in [1.54, 1.807) is 6.07 Å². The molecule has 1 aromatic heterocycles. The van der Waals surface area contributed by atoms with E-state index in [0.717, 1.165) is 16.7 Å². The van der Waals surface area contributed by atoms with Crippen LogP contribution in [0, 0.1) is 0 Å². The Hall–Kier alpha value is -0.990. The van der Waals surface area contributed by atoms with E-state index >= 15 is 0 Å². The van der Waals surface area contributed by atoms with Crippen molar-refractivity contribution in [3.63, 3.8) is 0 Å². The summed E-state index contributed by atoms with van der Waals surface area (Å²) >= 11 is 5.85. The predicted octanol–water partition coefficient (Wildman–Crippen LogP) is 3.18. The molecule has 0 aliphatic carbocycles. The van der Waals surface area contributed by atoms with Gasteiger partial charge in [0.1, 0.15) is 11.3 Å². The smallest absolute Gasteiger partial charge is 0.134 e. The third kappa shape index (κ3) is 1.63. The van der Waals surface area contributed by atoms with Crippen molar-refractivity contribution in [3.05, 3.63) is 35.0 Å². The largest absolute Gasteiger partial charge is 0.461 e. The third-order valence-electron chi connectivity index (χ3n) is 2.26. The zero-order valence-electron chi connectivity index (χ0n) is 7.83. The number of rotatable bonds is 2. The van der Waals surface area contributed by atoms with Gasteiger partial charge >= 0.3 is 0 Å². The molecule has 2 rings (SSSR count). The summed E-state index contributed by atoms with van der Waals surface area (Å²) in [6.45, 7) is 2.01. The summed E-state index contributed by atoms with van der Waals surface area (Å²) in [5, 5.41) is 10.7. The summed E-state index contributed by atoms with van der Waals surface area (Å²) in [7, 11) is 0. The summed E-state index contributed by atoms with van der Waals surface area (Å²) in [5.41, 5.74) is 0.810. The summed E-state index contributed by atoms with van der Waals surface area (Å²) in [4.78, 5) is 0. The normalized spacial score (nSPS) is 13.4. The van der Waals surface area contributed by atoms with Gasteiger partial charge in [-0.1, -0.05) is 18.5 Å². The molecule has 1 unspecified atom stereocenters. The van der Waals surface area contributed by atoms with Crippen LogP contribution < -0.4 is 0 Å². The minimum absolute atomic E-state index is 0.0289. The van der Waals surface area contributed by atoms with Crippen LogP contribution in [0.3, 0.4) is 0 Å². The summed E-state index contributed by atoms with van der Waals surface area (Å²) in [6.07, 6.45) is 0. The first-order valence-electron chi connectivity index (χ1n) is 4.50.